The molecule has 1 heterocycles. The summed E-state index contributed by atoms with van der Waals surface area (Å²) in [7, 11) is 0. The Bertz CT molecular complexity index is 285. The fourth-order valence-corrected chi connectivity index (χ4v) is 1.20. The van der Waals surface area contributed by atoms with E-state index >= 15 is 0 Å². The molecule has 0 aliphatic heterocycles. The fraction of sp³-hybridized carbons (Fsp3) is 0.600. The molecule has 0 radical (unpaired) electrons. The van der Waals surface area contributed by atoms with E-state index in [-0.39, 0.29) is 0 Å². The van der Waals surface area contributed by atoms with Crippen molar-refractivity contribution < 1.29 is 0 Å². The molecule has 1 aromatic rings. The highest BCUT2D eigenvalue weighted by molar-refractivity contribution is 5.44. The molecule has 0 saturated heterocycles. The Labute approximate surface area is 85.0 Å². The number of anilines is 2. The van der Waals surface area contributed by atoms with Crippen molar-refractivity contribution in [2.75, 3.05) is 17.6 Å². The first-order valence-corrected chi connectivity index (χ1v) is 5.13. The Morgan fingerprint density at radius 3 is 2.71 bits per heavy atom. The Balaban J connectivity index is 2.73. The number of rotatable bonds is 5. The van der Waals surface area contributed by atoms with Gasteiger partial charge < -0.3 is 11.1 Å². The third-order valence-corrected chi connectivity index (χ3v) is 1.82. The maximum atomic E-state index is 5.67. The smallest absolute Gasteiger partial charge is 0.133 e. The molecule has 3 N–H and O–H groups in total. The number of aryl methyl sites for hydroxylation is 1. The van der Waals surface area contributed by atoms with Gasteiger partial charge in [-0.25, -0.2) is 9.97 Å². The number of nitrogens with one attached hydrogen (secondary N) is 1. The Morgan fingerprint density at radius 1 is 1.29 bits per heavy atom. The van der Waals surface area contributed by atoms with Crippen LogP contribution in [0.3, 0.4) is 0 Å². The minimum atomic E-state index is 0.544. The molecule has 0 aliphatic rings. The largest absolute Gasteiger partial charge is 0.384 e. The number of aromatic nitrogens is 2. The number of nitrogen functional groups attached to an aromatic ring is 1. The molecule has 0 atom stereocenters. The highest BCUT2D eigenvalue weighted by Gasteiger charge is 2.00. The average molecular weight is 194 g/mol. The van der Waals surface area contributed by atoms with Gasteiger partial charge >= 0.3 is 0 Å². The van der Waals surface area contributed by atoms with Gasteiger partial charge in [-0.3, -0.25) is 0 Å². The number of nitrogens with two attached hydrogens (primary N) is 1. The van der Waals surface area contributed by atoms with E-state index in [1.807, 2.05) is 0 Å². The Hall–Kier alpha value is -1.32. The van der Waals surface area contributed by atoms with Gasteiger partial charge in [-0.1, -0.05) is 13.8 Å². The van der Waals surface area contributed by atoms with Crippen molar-refractivity contribution >= 4 is 11.6 Å². The van der Waals surface area contributed by atoms with Gasteiger partial charge in [-0.05, 0) is 12.8 Å². The van der Waals surface area contributed by atoms with Crippen LogP contribution in [0.5, 0.6) is 0 Å². The van der Waals surface area contributed by atoms with Crippen molar-refractivity contribution in [2.45, 2.75) is 33.1 Å². The van der Waals surface area contributed by atoms with Gasteiger partial charge in [0, 0.05) is 19.0 Å². The summed E-state index contributed by atoms with van der Waals surface area (Å²) in [6, 6.07) is 1.77. The van der Waals surface area contributed by atoms with Crippen molar-refractivity contribution in [3.8, 4) is 0 Å². The Kier molecular flexibility index (Phi) is 4.16. The molecule has 0 aromatic carbocycles. The van der Waals surface area contributed by atoms with Crippen LogP contribution < -0.4 is 11.1 Å². The van der Waals surface area contributed by atoms with Crippen LogP contribution in [0, 0.1) is 0 Å². The molecule has 0 spiro atoms. The minimum Gasteiger partial charge on any atom is -0.384 e. The first-order chi connectivity index (χ1) is 6.76. The SMILES string of the molecule is CCCNc1cc(N)nc(CCC)n1. The van der Waals surface area contributed by atoms with E-state index in [0.717, 1.165) is 37.4 Å². The lowest BCUT2D eigenvalue weighted by molar-refractivity contribution is 0.835. The van der Waals surface area contributed by atoms with E-state index in [9.17, 15) is 0 Å². The van der Waals surface area contributed by atoms with Gasteiger partial charge in [0.1, 0.15) is 17.5 Å². The summed E-state index contributed by atoms with van der Waals surface area (Å²) < 4.78 is 0. The highest BCUT2D eigenvalue weighted by Crippen LogP contribution is 2.09. The summed E-state index contributed by atoms with van der Waals surface area (Å²) in [5, 5.41) is 3.20. The predicted octanol–water partition coefficient (Wildman–Crippen LogP) is 1.83. The molecule has 4 nitrogen and oxygen atoms in total. The van der Waals surface area contributed by atoms with Crippen LogP contribution in [0.2, 0.25) is 0 Å². The minimum absolute atomic E-state index is 0.544. The van der Waals surface area contributed by atoms with Crippen molar-refractivity contribution in [3.63, 3.8) is 0 Å². The van der Waals surface area contributed by atoms with Crippen molar-refractivity contribution in [1.82, 2.24) is 9.97 Å². The van der Waals surface area contributed by atoms with Gasteiger partial charge in [0.15, 0.2) is 0 Å². The normalized spacial score (nSPS) is 10.1. The maximum absolute atomic E-state index is 5.67. The lowest BCUT2D eigenvalue weighted by atomic mass is 10.3. The van der Waals surface area contributed by atoms with E-state index in [1.165, 1.54) is 0 Å². The molecular formula is C10H18N4. The van der Waals surface area contributed by atoms with Gasteiger partial charge in [0.2, 0.25) is 0 Å². The zero-order valence-electron chi connectivity index (χ0n) is 8.88. The first kappa shape index (κ1) is 10.8. The summed E-state index contributed by atoms with van der Waals surface area (Å²) >= 11 is 0. The summed E-state index contributed by atoms with van der Waals surface area (Å²) in [4.78, 5) is 8.52. The monoisotopic (exact) mass is 194 g/mol. The predicted molar refractivity (Wildman–Crippen MR) is 59.2 cm³/mol. The molecule has 0 unspecified atom stereocenters. The highest BCUT2D eigenvalue weighted by atomic mass is 15.0. The molecule has 0 bridgehead atoms. The topological polar surface area (TPSA) is 63.8 Å². The number of hydrogen-bond acceptors (Lipinski definition) is 4. The van der Waals surface area contributed by atoms with E-state index < -0.39 is 0 Å². The van der Waals surface area contributed by atoms with Crippen LogP contribution in [-0.2, 0) is 6.42 Å². The van der Waals surface area contributed by atoms with E-state index in [4.69, 9.17) is 5.73 Å². The quantitative estimate of drug-likeness (QED) is 0.750. The summed E-state index contributed by atoms with van der Waals surface area (Å²) in [6.07, 6.45) is 3.00. The van der Waals surface area contributed by atoms with Crippen LogP contribution in [0.15, 0.2) is 6.07 Å². The zero-order valence-corrected chi connectivity index (χ0v) is 8.88. The Morgan fingerprint density at radius 2 is 2.07 bits per heavy atom. The molecule has 14 heavy (non-hydrogen) atoms. The van der Waals surface area contributed by atoms with E-state index in [0.29, 0.717) is 5.82 Å². The molecule has 0 saturated carbocycles. The van der Waals surface area contributed by atoms with Gasteiger partial charge in [-0.2, -0.15) is 0 Å². The standard InChI is InChI=1S/C10H18N4/c1-3-5-9-13-8(11)7-10(14-9)12-6-4-2/h7H,3-6H2,1-2H3,(H3,11,12,13,14). The lowest BCUT2D eigenvalue weighted by Crippen LogP contribution is -2.06. The van der Waals surface area contributed by atoms with Gasteiger partial charge in [0.25, 0.3) is 0 Å². The average Bonchev–Trinajstić information content (AvgIpc) is 2.14. The third-order valence-electron chi connectivity index (χ3n) is 1.82. The molecule has 0 aliphatic carbocycles. The summed E-state index contributed by atoms with van der Waals surface area (Å²) in [5.74, 6) is 2.20. The van der Waals surface area contributed by atoms with Crippen LogP contribution in [0.1, 0.15) is 32.5 Å². The first-order valence-electron chi connectivity index (χ1n) is 5.13. The molecule has 0 fully saturated rings. The molecule has 4 heteroatoms. The number of nitrogens with zero attached hydrogens (tertiary/aromatic N) is 2. The van der Waals surface area contributed by atoms with Crippen LogP contribution in [-0.4, -0.2) is 16.5 Å². The second kappa shape index (κ2) is 5.42. The lowest BCUT2D eigenvalue weighted by Gasteiger charge is -2.06. The van der Waals surface area contributed by atoms with Crippen LogP contribution in [0.25, 0.3) is 0 Å². The van der Waals surface area contributed by atoms with Crippen molar-refractivity contribution in [3.05, 3.63) is 11.9 Å². The van der Waals surface area contributed by atoms with E-state index in [2.05, 4.69) is 29.1 Å². The van der Waals surface area contributed by atoms with Crippen LogP contribution >= 0.6 is 0 Å². The van der Waals surface area contributed by atoms with E-state index in [1.54, 1.807) is 6.07 Å². The number of hydrogen-bond donors (Lipinski definition) is 2. The van der Waals surface area contributed by atoms with Crippen molar-refractivity contribution in [2.24, 2.45) is 0 Å². The summed E-state index contributed by atoms with van der Waals surface area (Å²) in [5.41, 5.74) is 5.67. The molecule has 1 rings (SSSR count). The van der Waals surface area contributed by atoms with Gasteiger partial charge in [-0.15, -0.1) is 0 Å². The third kappa shape index (κ3) is 3.20. The molecule has 1 aromatic heterocycles. The van der Waals surface area contributed by atoms with Gasteiger partial charge in [0.05, 0.1) is 0 Å². The fourth-order valence-electron chi connectivity index (χ4n) is 1.20. The summed E-state index contributed by atoms with van der Waals surface area (Å²) in [6.45, 7) is 5.14. The van der Waals surface area contributed by atoms with Crippen LogP contribution in [0.4, 0.5) is 11.6 Å². The maximum Gasteiger partial charge on any atom is 0.133 e. The second-order valence-corrected chi connectivity index (χ2v) is 3.27. The molecule has 0 amide bonds. The zero-order chi connectivity index (χ0) is 10.4. The molecule has 78 valence electrons. The second-order valence-electron chi connectivity index (χ2n) is 3.27. The molecular weight excluding hydrogens is 176 g/mol. The van der Waals surface area contributed by atoms with Crippen molar-refractivity contribution in [1.29, 1.82) is 0 Å².